The standard InChI is InChI=1S/C11H17N3OS/c1-8-6-13-10(16-8)14-9(15)11(7-12)4-2-3-5-11/h6H,2-5,7,12H2,1H3,(H,13,14,15). The molecule has 1 fully saturated rings. The van der Waals surface area contributed by atoms with E-state index in [2.05, 4.69) is 10.3 Å². The molecule has 1 heterocycles. The lowest BCUT2D eigenvalue weighted by Crippen LogP contribution is -2.40. The molecule has 3 N–H and O–H groups in total. The highest BCUT2D eigenvalue weighted by atomic mass is 32.1. The van der Waals surface area contributed by atoms with Gasteiger partial charge in [0.1, 0.15) is 0 Å². The summed E-state index contributed by atoms with van der Waals surface area (Å²) in [5, 5.41) is 3.57. The highest BCUT2D eigenvalue weighted by Crippen LogP contribution is 2.38. The van der Waals surface area contributed by atoms with E-state index in [-0.39, 0.29) is 11.3 Å². The third-order valence-electron chi connectivity index (χ3n) is 3.27. The Morgan fingerprint density at radius 1 is 1.62 bits per heavy atom. The summed E-state index contributed by atoms with van der Waals surface area (Å²) in [6, 6.07) is 0. The molecule has 1 amide bonds. The fourth-order valence-corrected chi connectivity index (χ4v) is 2.88. The number of carbonyl (C=O) groups excluding carboxylic acids is 1. The Hall–Kier alpha value is -0.940. The smallest absolute Gasteiger partial charge is 0.233 e. The van der Waals surface area contributed by atoms with E-state index in [0.29, 0.717) is 11.7 Å². The zero-order valence-electron chi connectivity index (χ0n) is 9.45. The van der Waals surface area contributed by atoms with Gasteiger partial charge in [0.15, 0.2) is 5.13 Å². The molecule has 0 radical (unpaired) electrons. The summed E-state index contributed by atoms with van der Waals surface area (Å²) in [6.45, 7) is 2.41. The van der Waals surface area contributed by atoms with Crippen LogP contribution in [0, 0.1) is 12.3 Å². The molecule has 0 bridgehead atoms. The molecular weight excluding hydrogens is 222 g/mol. The minimum atomic E-state index is -0.348. The maximum atomic E-state index is 12.2. The van der Waals surface area contributed by atoms with E-state index in [1.54, 1.807) is 6.20 Å². The van der Waals surface area contributed by atoms with Crippen LogP contribution in [-0.4, -0.2) is 17.4 Å². The number of hydrogen-bond donors (Lipinski definition) is 2. The number of rotatable bonds is 3. The number of nitrogens with two attached hydrogens (primary N) is 1. The van der Waals surface area contributed by atoms with Crippen LogP contribution in [-0.2, 0) is 4.79 Å². The molecule has 0 spiro atoms. The molecule has 1 aliphatic carbocycles. The summed E-state index contributed by atoms with van der Waals surface area (Å²) in [4.78, 5) is 17.4. The molecule has 1 aromatic heterocycles. The van der Waals surface area contributed by atoms with Gasteiger partial charge in [-0.25, -0.2) is 4.98 Å². The van der Waals surface area contributed by atoms with E-state index < -0.39 is 0 Å². The number of amides is 1. The minimum absolute atomic E-state index is 0.0434. The van der Waals surface area contributed by atoms with Crippen LogP contribution in [0.1, 0.15) is 30.6 Å². The molecule has 1 saturated carbocycles. The number of aromatic nitrogens is 1. The van der Waals surface area contributed by atoms with Crippen molar-refractivity contribution in [1.29, 1.82) is 0 Å². The van der Waals surface area contributed by atoms with Crippen LogP contribution < -0.4 is 11.1 Å². The van der Waals surface area contributed by atoms with Crippen molar-refractivity contribution in [2.45, 2.75) is 32.6 Å². The van der Waals surface area contributed by atoms with Gasteiger partial charge >= 0.3 is 0 Å². The SMILES string of the molecule is Cc1cnc(NC(=O)C2(CN)CCCC2)s1. The third-order valence-corrected chi connectivity index (χ3v) is 4.10. The first-order valence-electron chi connectivity index (χ1n) is 5.60. The Balaban J connectivity index is 2.07. The number of carbonyl (C=O) groups is 1. The topological polar surface area (TPSA) is 68.0 Å². The van der Waals surface area contributed by atoms with E-state index in [4.69, 9.17) is 5.73 Å². The number of nitrogens with zero attached hydrogens (tertiary/aromatic N) is 1. The largest absolute Gasteiger partial charge is 0.329 e. The maximum Gasteiger partial charge on any atom is 0.233 e. The molecule has 0 unspecified atom stereocenters. The van der Waals surface area contributed by atoms with Crippen LogP contribution in [0.4, 0.5) is 5.13 Å². The summed E-state index contributed by atoms with van der Waals surface area (Å²) in [7, 11) is 0. The van der Waals surface area contributed by atoms with E-state index in [1.807, 2.05) is 6.92 Å². The predicted molar refractivity (Wildman–Crippen MR) is 65.4 cm³/mol. The highest BCUT2D eigenvalue weighted by Gasteiger charge is 2.40. The molecule has 1 aliphatic rings. The maximum absolute atomic E-state index is 12.2. The average molecular weight is 239 g/mol. The normalized spacial score (nSPS) is 18.6. The first-order valence-corrected chi connectivity index (χ1v) is 6.42. The second-order valence-corrected chi connectivity index (χ2v) is 5.66. The van der Waals surface area contributed by atoms with Gasteiger partial charge in [0.05, 0.1) is 5.41 Å². The van der Waals surface area contributed by atoms with Gasteiger partial charge < -0.3 is 11.1 Å². The number of aryl methyl sites for hydroxylation is 1. The summed E-state index contributed by atoms with van der Waals surface area (Å²) in [5.41, 5.74) is 5.40. The lowest BCUT2D eigenvalue weighted by Gasteiger charge is -2.24. The Morgan fingerprint density at radius 3 is 2.81 bits per heavy atom. The molecule has 4 nitrogen and oxygen atoms in total. The van der Waals surface area contributed by atoms with Gasteiger partial charge in [-0.05, 0) is 19.8 Å². The van der Waals surface area contributed by atoms with Crippen LogP contribution >= 0.6 is 11.3 Å². The Labute approximate surface area is 99.3 Å². The van der Waals surface area contributed by atoms with E-state index in [9.17, 15) is 4.79 Å². The van der Waals surface area contributed by atoms with Gasteiger partial charge in [0.2, 0.25) is 5.91 Å². The van der Waals surface area contributed by atoms with Crippen molar-refractivity contribution >= 4 is 22.4 Å². The molecule has 2 rings (SSSR count). The van der Waals surface area contributed by atoms with Crippen molar-refractivity contribution in [2.24, 2.45) is 11.1 Å². The number of nitrogens with one attached hydrogen (secondary N) is 1. The molecule has 16 heavy (non-hydrogen) atoms. The van der Waals surface area contributed by atoms with Crippen molar-refractivity contribution < 1.29 is 4.79 Å². The quantitative estimate of drug-likeness (QED) is 0.846. The second kappa shape index (κ2) is 4.51. The van der Waals surface area contributed by atoms with Crippen LogP contribution in [0.3, 0.4) is 0 Å². The molecule has 0 atom stereocenters. The van der Waals surface area contributed by atoms with E-state index in [0.717, 1.165) is 30.6 Å². The highest BCUT2D eigenvalue weighted by molar-refractivity contribution is 7.15. The molecular formula is C11H17N3OS. The van der Waals surface area contributed by atoms with E-state index >= 15 is 0 Å². The van der Waals surface area contributed by atoms with Crippen LogP contribution in [0.15, 0.2) is 6.20 Å². The van der Waals surface area contributed by atoms with Gasteiger partial charge in [-0.3, -0.25) is 4.79 Å². The summed E-state index contributed by atoms with van der Waals surface area (Å²) >= 11 is 1.50. The molecule has 1 aromatic rings. The first-order chi connectivity index (χ1) is 7.66. The van der Waals surface area contributed by atoms with Crippen molar-refractivity contribution in [2.75, 3.05) is 11.9 Å². The summed E-state index contributed by atoms with van der Waals surface area (Å²) < 4.78 is 0. The van der Waals surface area contributed by atoms with Crippen LogP contribution in [0.2, 0.25) is 0 Å². The second-order valence-electron chi connectivity index (χ2n) is 4.42. The van der Waals surface area contributed by atoms with Crippen molar-refractivity contribution in [3.05, 3.63) is 11.1 Å². The molecule has 0 saturated heterocycles. The van der Waals surface area contributed by atoms with Crippen molar-refractivity contribution in [1.82, 2.24) is 4.98 Å². The van der Waals surface area contributed by atoms with Gasteiger partial charge in [-0.15, -0.1) is 11.3 Å². The minimum Gasteiger partial charge on any atom is -0.329 e. The molecule has 0 aliphatic heterocycles. The number of anilines is 1. The number of hydrogen-bond acceptors (Lipinski definition) is 4. The monoisotopic (exact) mass is 239 g/mol. The van der Waals surface area contributed by atoms with Crippen LogP contribution in [0.5, 0.6) is 0 Å². The fourth-order valence-electron chi connectivity index (χ4n) is 2.22. The lowest BCUT2D eigenvalue weighted by molar-refractivity contribution is -0.124. The van der Waals surface area contributed by atoms with Crippen molar-refractivity contribution in [3.63, 3.8) is 0 Å². The third kappa shape index (κ3) is 2.10. The fraction of sp³-hybridized carbons (Fsp3) is 0.636. The van der Waals surface area contributed by atoms with Gasteiger partial charge in [-0.2, -0.15) is 0 Å². The summed E-state index contributed by atoms with van der Waals surface area (Å²) in [5.74, 6) is 0.0434. The lowest BCUT2D eigenvalue weighted by atomic mass is 9.85. The van der Waals surface area contributed by atoms with Gasteiger partial charge in [-0.1, -0.05) is 12.8 Å². The zero-order chi connectivity index (χ0) is 11.6. The Kier molecular flexibility index (Phi) is 3.25. The van der Waals surface area contributed by atoms with Crippen LogP contribution in [0.25, 0.3) is 0 Å². The zero-order valence-corrected chi connectivity index (χ0v) is 10.3. The first kappa shape index (κ1) is 11.5. The molecule has 0 aromatic carbocycles. The summed E-state index contributed by atoms with van der Waals surface area (Å²) in [6.07, 6.45) is 5.77. The average Bonchev–Trinajstić information content (AvgIpc) is 2.88. The Bertz CT molecular complexity index is 382. The molecule has 5 heteroatoms. The molecule has 88 valence electrons. The Morgan fingerprint density at radius 2 is 2.31 bits per heavy atom. The van der Waals surface area contributed by atoms with Crippen molar-refractivity contribution in [3.8, 4) is 0 Å². The van der Waals surface area contributed by atoms with Gasteiger partial charge in [0.25, 0.3) is 0 Å². The van der Waals surface area contributed by atoms with Gasteiger partial charge in [0, 0.05) is 17.6 Å². The predicted octanol–water partition coefficient (Wildman–Crippen LogP) is 1.91. The number of thiazole rings is 1. The van der Waals surface area contributed by atoms with E-state index in [1.165, 1.54) is 11.3 Å².